The Labute approximate surface area is 171 Å². The van der Waals surface area contributed by atoms with Crippen LogP contribution in [0.15, 0.2) is 53.4 Å². The van der Waals surface area contributed by atoms with Gasteiger partial charge in [0, 0.05) is 11.7 Å². The lowest BCUT2D eigenvalue weighted by molar-refractivity contribution is -0.125. The van der Waals surface area contributed by atoms with Gasteiger partial charge >= 0.3 is 5.97 Å². The van der Waals surface area contributed by atoms with Crippen molar-refractivity contribution in [2.24, 2.45) is 0 Å². The summed E-state index contributed by atoms with van der Waals surface area (Å²) in [4.78, 5) is 23.9. The van der Waals surface area contributed by atoms with Gasteiger partial charge in [0.15, 0.2) is 6.61 Å². The van der Waals surface area contributed by atoms with Crippen molar-refractivity contribution >= 4 is 27.6 Å². The molecular weight excluding hydrogens is 392 g/mol. The molecule has 2 rings (SSSR count). The van der Waals surface area contributed by atoms with E-state index < -0.39 is 16.0 Å². The van der Waals surface area contributed by atoms with Crippen molar-refractivity contribution in [3.05, 3.63) is 59.7 Å². The van der Waals surface area contributed by atoms with Gasteiger partial charge in [-0.25, -0.2) is 13.2 Å². The van der Waals surface area contributed by atoms with Gasteiger partial charge in [0.2, 0.25) is 0 Å². The van der Waals surface area contributed by atoms with Gasteiger partial charge in [-0.1, -0.05) is 31.5 Å². The summed E-state index contributed by atoms with van der Waals surface area (Å²) in [6.45, 7) is 5.45. The van der Waals surface area contributed by atoms with E-state index in [-0.39, 0.29) is 29.0 Å². The topological polar surface area (TPSA) is 102 Å². The van der Waals surface area contributed by atoms with E-state index in [1.54, 1.807) is 24.3 Å². The number of hydrogen-bond acceptors (Lipinski definition) is 5. The Morgan fingerprint density at radius 1 is 0.966 bits per heavy atom. The summed E-state index contributed by atoms with van der Waals surface area (Å²) in [5.74, 6) is -1.06. The maximum Gasteiger partial charge on any atom is 0.338 e. The third-order valence-corrected chi connectivity index (χ3v) is 5.79. The van der Waals surface area contributed by atoms with E-state index in [0.29, 0.717) is 5.69 Å². The molecular formula is C21H26N2O5S. The number of ether oxygens (including phenoxy) is 1. The molecule has 8 heteroatoms. The third-order valence-electron chi connectivity index (χ3n) is 4.39. The predicted molar refractivity (Wildman–Crippen MR) is 111 cm³/mol. The molecule has 0 heterocycles. The quantitative estimate of drug-likeness (QED) is 0.609. The van der Waals surface area contributed by atoms with Crippen LogP contribution < -0.4 is 10.0 Å². The smallest absolute Gasteiger partial charge is 0.338 e. The van der Waals surface area contributed by atoms with Gasteiger partial charge in [0.05, 0.1) is 10.5 Å². The molecule has 0 saturated carbocycles. The second kappa shape index (κ2) is 10.1. The Kier molecular flexibility index (Phi) is 7.78. The summed E-state index contributed by atoms with van der Waals surface area (Å²) in [6, 6.07) is 12.3. The number of amides is 1. The molecule has 0 aliphatic heterocycles. The number of esters is 1. The monoisotopic (exact) mass is 418 g/mol. The highest BCUT2D eigenvalue weighted by Crippen LogP contribution is 2.17. The normalized spacial score (nSPS) is 11.2. The average Bonchev–Trinajstić information content (AvgIpc) is 2.71. The molecule has 0 aromatic heterocycles. The van der Waals surface area contributed by atoms with Gasteiger partial charge in [0.1, 0.15) is 0 Å². The minimum Gasteiger partial charge on any atom is -0.452 e. The summed E-state index contributed by atoms with van der Waals surface area (Å²) in [6.07, 6.45) is 1.59. The molecule has 29 heavy (non-hydrogen) atoms. The Hall–Kier alpha value is -2.87. The Morgan fingerprint density at radius 2 is 1.55 bits per heavy atom. The molecule has 2 aromatic rings. The SMILES string of the molecule is CCC(CC)NC(=O)COC(=O)c1ccc(S(=O)(=O)Nc2ccc(C)cc2)cc1. The number of aryl methyl sites for hydroxylation is 1. The number of carbonyl (C=O) groups excluding carboxylic acids is 2. The zero-order chi connectivity index (χ0) is 21.4. The predicted octanol–water partition coefficient (Wildman–Crippen LogP) is 3.26. The molecule has 7 nitrogen and oxygen atoms in total. The van der Waals surface area contributed by atoms with Crippen molar-refractivity contribution in [2.45, 2.75) is 44.6 Å². The summed E-state index contributed by atoms with van der Waals surface area (Å²) >= 11 is 0. The fraction of sp³-hybridized carbons (Fsp3) is 0.333. The van der Waals surface area contributed by atoms with Gasteiger partial charge < -0.3 is 10.1 Å². The number of carbonyl (C=O) groups is 2. The zero-order valence-corrected chi connectivity index (χ0v) is 17.6. The molecule has 0 fully saturated rings. The Bertz CT molecular complexity index is 934. The highest BCUT2D eigenvalue weighted by molar-refractivity contribution is 7.92. The van der Waals surface area contributed by atoms with Crippen molar-refractivity contribution < 1.29 is 22.7 Å². The molecule has 2 N–H and O–H groups in total. The van der Waals surface area contributed by atoms with E-state index >= 15 is 0 Å². The van der Waals surface area contributed by atoms with Gasteiger partial charge in [0.25, 0.3) is 15.9 Å². The van der Waals surface area contributed by atoms with Gasteiger partial charge in [-0.2, -0.15) is 0 Å². The van der Waals surface area contributed by atoms with E-state index in [4.69, 9.17) is 4.74 Å². The lowest BCUT2D eigenvalue weighted by atomic mass is 10.2. The maximum absolute atomic E-state index is 12.5. The van der Waals surface area contributed by atoms with E-state index in [1.807, 2.05) is 20.8 Å². The number of hydrogen-bond donors (Lipinski definition) is 2. The lowest BCUT2D eigenvalue weighted by Crippen LogP contribution is -2.36. The largest absolute Gasteiger partial charge is 0.452 e. The van der Waals surface area contributed by atoms with Crippen molar-refractivity contribution in [3.8, 4) is 0 Å². The first kappa shape index (κ1) is 22.4. The summed E-state index contributed by atoms with van der Waals surface area (Å²) in [5, 5.41) is 2.78. The fourth-order valence-corrected chi connectivity index (χ4v) is 3.64. The molecule has 0 atom stereocenters. The average molecular weight is 419 g/mol. The van der Waals surface area contributed by atoms with E-state index in [0.717, 1.165) is 18.4 Å². The number of rotatable bonds is 9. The zero-order valence-electron chi connectivity index (χ0n) is 16.8. The van der Waals surface area contributed by atoms with E-state index in [2.05, 4.69) is 10.0 Å². The molecule has 1 amide bonds. The molecule has 0 radical (unpaired) electrons. The molecule has 0 spiro atoms. The summed E-state index contributed by atoms with van der Waals surface area (Å²) in [7, 11) is -3.78. The maximum atomic E-state index is 12.5. The van der Waals surface area contributed by atoms with Gasteiger partial charge in [-0.15, -0.1) is 0 Å². The standard InChI is InChI=1S/C21H26N2O5S/c1-4-17(5-2)22-20(24)14-28-21(25)16-8-12-19(13-9-16)29(26,27)23-18-10-6-15(3)7-11-18/h6-13,17,23H,4-5,14H2,1-3H3,(H,22,24). The first-order valence-electron chi connectivity index (χ1n) is 9.41. The van der Waals surface area contributed by atoms with E-state index in [9.17, 15) is 18.0 Å². The van der Waals surface area contributed by atoms with Crippen LogP contribution in [-0.4, -0.2) is 32.9 Å². The fourth-order valence-electron chi connectivity index (χ4n) is 2.58. The van der Waals surface area contributed by atoms with Crippen LogP contribution in [0.4, 0.5) is 5.69 Å². The molecule has 0 aliphatic carbocycles. The molecule has 2 aromatic carbocycles. The van der Waals surface area contributed by atoms with Crippen molar-refractivity contribution in [1.29, 1.82) is 0 Å². The molecule has 0 unspecified atom stereocenters. The first-order chi connectivity index (χ1) is 13.7. The molecule has 156 valence electrons. The van der Waals surface area contributed by atoms with Crippen molar-refractivity contribution in [3.63, 3.8) is 0 Å². The highest BCUT2D eigenvalue weighted by atomic mass is 32.2. The van der Waals surface area contributed by atoms with Crippen LogP contribution in [0, 0.1) is 6.92 Å². The van der Waals surface area contributed by atoms with Crippen LogP contribution in [0.5, 0.6) is 0 Å². The number of benzene rings is 2. The van der Waals surface area contributed by atoms with Crippen molar-refractivity contribution in [1.82, 2.24) is 5.32 Å². The minimum absolute atomic E-state index is 0.0149. The van der Waals surface area contributed by atoms with Crippen LogP contribution in [0.2, 0.25) is 0 Å². The number of anilines is 1. The van der Waals surface area contributed by atoms with Crippen LogP contribution in [-0.2, 0) is 19.6 Å². The number of nitrogens with one attached hydrogen (secondary N) is 2. The van der Waals surface area contributed by atoms with Crippen LogP contribution in [0.3, 0.4) is 0 Å². The third kappa shape index (κ3) is 6.60. The van der Waals surface area contributed by atoms with Crippen LogP contribution >= 0.6 is 0 Å². The van der Waals surface area contributed by atoms with Crippen LogP contribution in [0.25, 0.3) is 0 Å². The second-order valence-electron chi connectivity index (χ2n) is 6.65. The highest BCUT2D eigenvalue weighted by Gasteiger charge is 2.17. The first-order valence-corrected chi connectivity index (χ1v) is 10.9. The molecule has 0 bridgehead atoms. The Morgan fingerprint density at radius 3 is 2.10 bits per heavy atom. The van der Waals surface area contributed by atoms with Gasteiger partial charge in [-0.3, -0.25) is 9.52 Å². The summed E-state index contributed by atoms with van der Waals surface area (Å²) < 4.78 is 32.4. The second-order valence-corrected chi connectivity index (χ2v) is 8.34. The number of sulfonamides is 1. The van der Waals surface area contributed by atoms with Crippen LogP contribution in [0.1, 0.15) is 42.6 Å². The molecule has 0 aliphatic rings. The lowest BCUT2D eigenvalue weighted by Gasteiger charge is -2.14. The van der Waals surface area contributed by atoms with Crippen molar-refractivity contribution in [2.75, 3.05) is 11.3 Å². The minimum atomic E-state index is -3.78. The molecule has 0 saturated heterocycles. The Balaban J connectivity index is 1.97. The summed E-state index contributed by atoms with van der Waals surface area (Å²) in [5.41, 5.74) is 1.63. The van der Waals surface area contributed by atoms with E-state index in [1.165, 1.54) is 24.3 Å². The van der Waals surface area contributed by atoms with Gasteiger partial charge in [-0.05, 0) is 56.2 Å².